The average molecular weight is 262 g/mol. The molecule has 0 fully saturated rings. The van der Waals surface area contributed by atoms with Crippen molar-refractivity contribution in [2.45, 2.75) is 31.7 Å². The van der Waals surface area contributed by atoms with Crippen LogP contribution in [-0.2, 0) is 9.59 Å². The number of carbonyl (C=O) groups excluding carboxylic acids is 1. The summed E-state index contributed by atoms with van der Waals surface area (Å²) in [6, 6.07) is 7.12. The Kier molecular flexibility index (Phi) is 3.32. The Morgan fingerprint density at radius 1 is 1.37 bits per heavy atom. The lowest BCUT2D eigenvalue weighted by atomic mass is 9.89. The van der Waals surface area contributed by atoms with Crippen LogP contribution in [-0.4, -0.2) is 29.1 Å². The highest BCUT2D eigenvalue weighted by Gasteiger charge is 2.36. The summed E-state index contributed by atoms with van der Waals surface area (Å²) < 4.78 is 0. The van der Waals surface area contributed by atoms with Gasteiger partial charge in [-0.2, -0.15) is 0 Å². The minimum Gasteiger partial charge on any atom is -0.481 e. The first-order valence-electron chi connectivity index (χ1n) is 6.25. The highest BCUT2D eigenvalue weighted by molar-refractivity contribution is 6.01. The quantitative estimate of drug-likeness (QED) is 0.842. The predicted molar refractivity (Wildman–Crippen MR) is 72.1 cm³/mol. The maximum Gasteiger partial charge on any atom is 0.311 e. The third-order valence-corrected chi connectivity index (χ3v) is 3.34. The lowest BCUT2D eigenvalue weighted by molar-refractivity contribution is -0.139. The number of carbonyl (C=O) groups is 2. The molecule has 1 aromatic rings. The van der Waals surface area contributed by atoms with Gasteiger partial charge in [0, 0.05) is 12.2 Å². The molecule has 102 valence electrons. The molecule has 5 heteroatoms. The van der Waals surface area contributed by atoms with Gasteiger partial charge in [0.25, 0.3) is 0 Å². The standard InChI is InChI=1S/C14H18N2O3/c1-14(2,15)13(19)16-8-7-10(12(17)18)9-5-3-4-6-11(9)16/h3-6,10H,7-8,15H2,1-2H3,(H,17,18). The van der Waals surface area contributed by atoms with Crippen molar-refractivity contribution in [2.75, 3.05) is 11.4 Å². The van der Waals surface area contributed by atoms with Gasteiger partial charge in [-0.05, 0) is 31.9 Å². The Morgan fingerprint density at radius 3 is 2.58 bits per heavy atom. The second-order valence-electron chi connectivity index (χ2n) is 5.42. The minimum absolute atomic E-state index is 0.191. The summed E-state index contributed by atoms with van der Waals surface area (Å²) in [7, 11) is 0. The van der Waals surface area contributed by atoms with E-state index in [0.717, 1.165) is 0 Å². The number of para-hydroxylation sites is 1. The summed E-state index contributed by atoms with van der Waals surface area (Å²) in [6.45, 7) is 3.69. The van der Waals surface area contributed by atoms with Crippen LogP contribution < -0.4 is 10.6 Å². The van der Waals surface area contributed by atoms with Crippen LogP contribution in [0.4, 0.5) is 5.69 Å². The molecule has 5 nitrogen and oxygen atoms in total. The molecule has 3 N–H and O–H groups in total. The second-order valence-corrected chi connectivity index (χ2v) is 5.42. The van der Waals surface area contributed by atoms with E-state index in [2.05, 4.69) is 0 Å². The molecule has 1 aliphatic heterocycles. The zero-order valence-corrected chi connectivity index (χ0v) is 11.1. The molecule has 1 aromatic carbocycles. The van der Waals surface area contributed by atoms with Crippen LogP contribution in [0.25, 0.3) is 0 Å². The lowest BCUT2D eigenvalue weighted by Crippen LogP contribution is -2.53. The van der Waals surface area contributed by atoms with Gasteiger partial charge in [0.1, 0.15) is 0 Å². The van der Waals surface area contributed by atoms with Gasteiger partial charge in [0.05, 0.1) is 11.5 Å². The number of fused-ring (bicyclic) bond motifs is 1. The number of hydrogen-bond donors (Lipinski definition) is 2. The molecule has 1 amide bonds. The zero-order chi connectivity index (χ0) is 14.2. The summed E-state index contributed by atoms with van der Waals surface area (Å²) in [5.74, 6) is -1.60. The van der Waals surface area contributed by atoms with Crippen LogP contribution in [0, 0.1) is 0 Å². The Balaban J connectivity index is 2.44. The van der Waals surface area contributed by atoms with Crippen molar-refractivity contribution in [3.63, 3.8) is 0 Å². The van der Waals surface area contributed by atoms with Crippen LogP contribution in [0.2, 0.25) is 0 Å². The zero-order valence-electron chi connectivity index (χ0n) is 11.1. The monoisotopic (exact) mass is 262 g/mol. The maximum atomic E-state index is 12.3. The van der Waals surface area contributed by atoms with E-state index in [-0.39, 0.29) is 5.91 Å². The number of benzene rings is 1. The van der Waals surface area contributed by atoms with Crippen LogP contribution in [0.15, 0.2) is 24.3 Å². The fourth-order valence-corrected chi connectivity index (χ4v) is 2.38. The summed E-state index contributed by atoms with van der Waals surface area (Å²) in [5, 5.41) is 9.24. The van der Waals surface area contributed by atoms with Gasteiger partial charge in [-0.15, -0.1) is 0 Å². The van der Waals surface area contributed by atoms with Gasteiger partial charge in [0.2, 0.25) is 5.91 Å². The van der Waals surface area contributed by atoms with E-state index in [9.17, 15) is 14.7 Å². The topological polar surface area (TPSA) is 83.6 Å². The van der Waals surface area contributed by atoms with E-state index in [1.807, 2.05) is 0 Å². The van der Waals surface area contributed by atoms with E-state index < -0.39 is 17.4 Å². The van der Waals surface area contributed by atoms with E-state index in [0.29, 0.717) is 24.2 Å². The van der Waals surface area contributed by atoms with Gasteiger partial charge in [-0.1, -0.05) is 18.2 Å². The predicted octanol–water partition coefficient (Wildman–Crippen LogP) is 1.33. The smallest absolute Gasteiger partial charge is 0.311 e. The highest BCUT2D eigenvalue weighted by atomic mass is 16.4. The van der Waals surface area contributed by atoms with Gasteiger partial charge in [-0.25, -0.2) is 0 Å². The van der Waals surface area contributed by atoms with E-state index in [1.165, 1.54) is 0 Å². The van der Waals surface area contributed by atoms with E-state index >= 15 is 0 Å². The molecule has 2 rings (SSSR count). The van der Waals surface area contributed by atoms with Gasteiger partial charge in [0.15, 0.2) is 0 Å². The molecule has 1 atom stereocenters. The molecule has 1 aliphatic rings. The van der Waals surface area contributed by atoms with Crippen LogP contribution in [0.5, 0.6) is 0 Å². The van der Waals surface area contributed by atoms with Crippen molar-refractivity contribution in [1.82, 2.24) is 0 Å². The Bertz CT molecular complexity index is 520. The minimum atomic E-state index is -0.969. The van der Waals surface area contributed by atoms with E-state index in [1.54, 1.807) is 43.0 Å². The van der Waals surface area contributed by atoms with E-state index in [4.69, 9.17) is 5.73 Å². The van der Waals surface area contributed by atoms with Gasteiger partial charge in [-0.3, -0.25) is 9.59 Å². The lowest BCUT2D eigenvalue weighted by Gasteiger charge is -2.36. The molecule has 0 aromatic heterocycles. The van der Waals surface area contributed by atoms with Crippen molar-refractivity contribution in [3.8, 4) is 0 Å². The highest BCUT2D eigenvalue weighted by Crippen LogP contribution is 2.36. The molecule has 0 bridgehead atoms. The van der Waals surface area contributed by atoms with Crippen molar-refractivity contribution < 1.29 is 14.7 Å². The Morgan fingerprint density at radius 2 is 2.00 bits per heavy atom. The van der Waals surface area contributed by atoms with Crippen molar-refractivity contribution in [2.24, 2.45) is 5.73 Å². The number of hydrogen-bond acceptors (Lipinski definition) is 3. The first-order chi connectivity index (χ1) is 8.82. The Labute approximate surface area is 112 Å². The van der Waals surface area contributed by atoms with Crippen LogP contribution in [0.3, 0.4) is 0 Å². The molecular weight excluding hydrogens is 244 g/mol. The molecule has 1 unspecified atom stereocenters. The molecule has 0 aliphatic carbocycles. The number of carboxylic acid groups (broad SMARTS) is 1. The van der Waals surface area contributed by atoms with Crippen molar-refractivity contribution in [3.05, 3.63) is 29.8 Å². The normalized spacial score (nSPS) is 18.9. The first-order valence-corrected chi connectivity index (χ1v) is 6.25. The number of amides is 1. The van der Waals surface area contributed by atoms with Gasteiger partial charge < -0.3 is 15.7 Å². The van der Waals surface area contributed by atoms with Crippen molar-refractivity contribution in [1.29, 1.82) is 0 Å². The third-order valence-electron chi connectivity index (χ3n) is 3.34. The molecule has 0 saturated carbocycles. The molecule has 0 radical (unpaired) electrons. The number of nitrogens with two attached hydrogens (primary N) is 1. The molecule has 1 heterocycles. The molecule has 19 heavy (non-hydrogen) atoms. The Hall–Kier alpha value is -1.88. The summed E-state index contributed by atoms with van der Waals surface area (Å²) in [4.78, 5) is 25.2. The SMILES string of the molecule is CC(C)(N)C(=O)N1CCC(C(=O)O)c2ccccc21. The summed E-state index contributed by atoms with van der Waals surface area (Å²) >= 11 is 0. The number of aliphatic carboxylic acids is 1. The molecule has 0 saturated heterocycles. The summed E-state index contributed by atoms with van der Waals surface area (Å²) in [5.41, 5.74) is 6.22. The fraction of sp³-hybridized carbons (Fsp3) is 0.429. The molecular formula is C14H18N2O3. The number of anilines is 1. The van der Waals surface area contributed by atoms with Gasteiger partial charge >= 0.3 is 5.97 Å². The average Bonchev–Trinajstić information content (AvgIpc) is 2.35. The fourth-order valence-electron chi connectivity index (χ4n) is 2.38. The number of nitrogens with zero attached hydrogens (tertiary/aromatic N) is 1. The third kappa shape index (κ3) is 2.46. The van der Waals surface area contributed by atoms with Crippen LogP contribution in [0.1, 0.15) is 31.7 Å². The largest absolute Gasteiger partial charge is 0.481 e. The number of carboxylic acids is 1. The van der Waals surface area contributed by atoms with Crippen molar-refractivity contribution >= 4 is 17.6 Å². The van der Waals surface area contributed by atoms with Crippen LogP contribution >= 0.6 is 0 Å². The molecule has 0 spiro atoms. The second kappa shape index (κ2) is 4.66. The summed E-state index contributed by atoms with van der Waals surface area (Å²) in [6.07, 6.45) is 0.411. The number of rotatable bonds is 2. The maximum absolute atomic E-state index is 12.3. The first kappa shape index (κ1) is 13.5.